The summed E-state index contributed by atoms with van der Waals surface area (Å²) in [5.74, 6) is -0.451. The molecule has 0 aliphatic carbocycles. The smallest absolute Gasteiger partial charge is 0.143 e. The Balaban J connectivity index is 2.07. The van der Waals surface area contributed by atoms with Crippen LogP contribution in [-0.4, -0.2) is 4.57 Å². The van der Waals surface area contributed by atoms with Gasteiger partial charge in [-0.2, -0.15) is 5.26 Å². The van der Waals surface area contributed by atoms with Crippen LogP contribution in [0.3, 0.4) is 0 Å². The highest BCUT2D eigenvalue weighted by molar-refractivity contribution is 6.30. The number of nitriles is 1. The number of aryl methyl sites for hydroxylation is 1. The van der Waals surface area contributed by atoms with Crippen molar-refractivity contribution in [2.75, 3.05) is 5.32 Å². The number of anilines is 1. The van der Waals surface area contributed by atoms with Gasteiger partial charge in [-0.3, -0.25) is 0 Å². The molecule has 18 heavy (non-hydrogen) atoms. The number of nitrogens with zero attached hydrogens (tertiary/aromatic N) is 2. The quantitative estimate of drug-likeness (QED) is 0.923. The highest BCUT2D eigenvalue weighted by atomic mass is 35.5. The topological polar surface area (TPSA) is 40.8 Å². The lowest BCUT2D eigenvalue weighted by Crippen LogP contribution is -1.98. The molecule has 3 nitrogen and oxygen atoms in total. The van der Waals surface area contributed by atoms with Crippen molar-refractivity contribution in [2.24, 2.45) is 7.05 Å². The number of aromatic nitrogens is 1. The zero-order chi connectivity index (χ0) is 13.1. The highest BCUT2D eigenvalue weighted by Gasteiger charge is 2.03. The predicted octanol–water partition coefficient (Wildman–Crippen LogP) is 3.30. The first-order valence-electron chi connectivity index (χ1n) is 5.34. The lowest BCUT2D eigenvalue weighted by Gasteiger charge is -2.05. The minimum atomic E-state index is -0.451. The Morgan fingerprint density at radius 3 is 2.83 bits per heavy atom. The van der Waals surface area contributed by atoms with Gasteiger partial charge in [0.25, 0.3) is 0 Å². The molecule has 0 atom stereocenters. The van der Waals surface area contributed by atoms with Crippen molar-refractivity contribution in [2.45, 2.75) is 6.54 Å². The molecule has 2 aromatic rings. The first-order chi connectivity index (χ1) is 8.60. The Morgan fingerprint density at radius 1 is 1.44 bits per heavy atom. The van der Waals surface area contributed by atoms with E-state index in [0.29, 0.717) is 17.9 Å². The molecule has 0 amide bonds. The van der Waals surface area contributed by atoms with Crippen LogP contribution in [0.4, 0.5) is 10.1 Å². The first-order valence-corrected chi connectivity index (χ1v) is 5.72. The Morgan fingerprint density at radius 2 is 2.22 bits per heavy atom. The van der Waals surface area contributed by atoms with Gasteiger partial charge in [-0.25, -0.2) is 4.39 Å². The van der Waals surface area contributed by atoms with E-state index in [2.05, 4.69) is 11.4 Å². The van der Waals surface area contributed by atoms with Crippen LogP contribution < -0.4 is 5.32 Å². The standard InChI is InChI=1S/C13H11ClFN3/c1-18-8-9(4-11(18)6-16)7-17-10-2-3-12(14)13(15)5-10/h2-5,8,17H,7H2,1H3. The lowest BCUT2D eigenvalue weighted by atomic mass is 10.2. The average Bonchev–Trinajstić information content (AvgIpc) is 2.71. The molecule has 0 spiro atoms. The van der Waals surface area contributed by atoms with Crippen molar-refractivity contribution < 1.29 is 4.39 Å². The van der Waals surface area contributed by atoms with Crippen LogP contribution in [0.5, 0.6) is 0 Å². The van der Waals surface area contributed by atoms with Crippen molar-refractivity contribution in [1.29, 1.82) is 5.26 Å². The molecular formula is C13H11ClFN3. The van der Waals surface area contributed by atoms with Crippen LogP contribution >= 0.6 is 11.6 Å². The van der Waals surface area contributed by atoms with Crippen LogP contribution in [0.25, 0.3) is 0 Å². The summed E-state index contributed by atoms with van der Waals surface area (Å²) < 4.78 is 15.0. The van der Waals surface area contributed by atoms with Gasteiger partial charge in [0.1, 0.15) is 17.6 Å². The second-order valence-electron chi connectivity index (χ2n) is 3.94. The van der Waals surface area contributed by atoms with Crippen molar-refractivity contribution in [3.8, 4) is 6.07 Å². The fourth-order valence-corrected chi connectivity index (χ4v) is 1.77. The van der Waals surface area contributed by atoms with E-state index < -0.39 is 5.82 Å². The third-order valence-electron chi connectivity index (χ3n) is 2.59. The van der Waals surface area contributed by atoms with Gasteiger partial charge in [0, 0.05) is 25.5 Å². The molecule has 5 heteroatoms. The van der Waals surface area contributed by atoms with Crippen molar-refractivity contribution in [1.82, 2.24) is 4.57 Å². The Kier molecular flexibility index (Phi) is 3.54. The van der Waals surface area contributed by atoms with Crippen LogP contribution in [0.2, 0.25) is 5.02 Å². The Labute approximate surface area is 109 Å². The monoisotopic (exact) mass is 263 g/mol. The minimum absolute atomic E-state index is 0.104. The molecule has 0 aliphatic heterocycles. The molecule has 0 saturated heterocycles. The predicted molar refractivity (Wildman–Crippen MR) is 68.9 cm³/mol. The Hall–Kier alpha value is -1.99. The van der Waals surface area contributed by atoms with Crippen molar-refractivity contribution in [3.63, 3.8) is 0 Å². The molecule has 0 aliphatic rings. The summed E-state index contributed by atoms with van der Waals surface area (Å²) in [7, 11) is 1.81. The summed E-state index contributed by atoms with van der Waals surface area (Å²) in [5.41, 5.74) is 2.21. The normalized spacial score (nSPS) is 10.1. The van der Waals surface area contributed by atoms with E-state index in [0.717, 1.165) is 5.56 Å². The Bertz CT molecular complexity index is 613. The zero-order valence-corrected chi connectivity index (χ0v) is 10.5. The largest absolute Gasteiger partial charge is 0.381 e. The highest BCUT2D eigenvalue weighted by Crippen LogP contribution is 2.19. The molecule has 0 unspecified atom stereocenters. The minimum Gasteiger partial charge on any atom is -0.381 e. The summed E-state index contributed by atoms with van der Waals surface area (Å²) in [5, 5.41) is 12.0. The summed E-state index contributed by atoms with van der Waals surface area (Å²) >= 11 is 5.60. The average molecular weight is 264 g/mol. The van der Waals surface area contributed by atoms with Crippen LogP contribution in [0.1, 0.15) is 11.3 Å². The van der Waals surface area contributed by atoms with Crippen LogP contribution in [-0.2, 0) is 13.6 Å². The van der Waals surface area contributed by atoms with E-state index in [1.165, 1.54) is 12.1 Å². The van der Waals surface area contributed by atoms with E-state index in [-0.39, 0.29) is 5.02 Å². The molecular weight excluding hydrogens is 253 g/mol. The zero-order valence-electron chi connectivity index (χ0n) is 9.74. The van der Waals surface area contributed by atoms with Gasteiger partial charge in [-0.1, -0.05) is 11.6 Å². The van der Waals surface area contributed by atoms with E-state index in [1.807, 2.05) is 13.2 Å². The number of nitrogens with one attached hydrogen (secondary N) is 1. The van der Waals surface area contributed by atoms with E-state index in [9.17, 15) is 4.39 Å². The van der Waals surface area contributed by atoms with Gasteiger partial charge >= 0.3 is 0 Å². The molecule has 0 fully saturated rings. The fourth-order valence-electron chi connectivity index (χ4n) is 1.65. The second-order valence-corrected chi connectivity index (χ2v) is 4.35. The maximum Gasteiger partial charge on any atom is 0.143 e. The summed E-state index contributed by atoms with van der Waals surface area (Å²) in [4.78, 5) is 0. The van der Waals surface area contributed by atoms with E-state index in [4.69, 9.17) is 16.9 Å². The summed E-state index contributed by atoms with van der Waals surface area (Å²) in [6.07, 6.45) is 1.86. The van der Waals surface area contributed by atoms with Gasteiger partial charge in [0.05, 0.1) is 5.02 Å². The van der Waals surface area contributed by atoms with E-state index >= 15 is 0 Å². The SMILES string of the molecule is Cn1cc(CNc2ccc(Cl)c(F)c2)cc1C#N. The fraction of sp³-hybridized carbons (Fsp3) is 0.154. The molecule has 0 radical (unpaired) electrons. The molecule has 0 saturated carbocycles. The maximum absolute atomic E-state index is 13.2. The summed E-state index contributed by atoms with van der Waals surface area (Å²) in [6.45, 7) is 0.524. The third-order valence-corrected chi connectivity index (χ3v) is 2.90. The molecule has 92 valence electrons. The lowest BCUT2D eigenvalue weighted by molar-refractivity contribution is 0.628. The molecule has 1 aromatic carbocycles. The number of benzene rings is 1. The maximum atomic E-state index is 13.2. The second kappa shape index (κ2) is 5.11. The number of hydrogen-bond donors (Lipinski definition) is 1. The van der Waals surface area contributed by atoms with Crippen LogP contribution in [0.15, 0.2) is 30.5 Å². The molecule has 0 bridgehead atoms. The first kappa shape index (κ1) is 12.5. The van der Waals surface area contributed by atoms with Gasteiger partial charge in [0.2, 0.25) is 0 Å². The summed E-state index contributed by atoms with van der Waals surface area (Å²) in [6, 6.07) is 8.44. The van der Waals surface area contributed by atoms with E-state index in [1.54, 1.807) is 16.7 Å². The molecule has 1 aromatic heterocycles. The van der Waals surface area contributed by atoms with Gasteiger partial charge in [-0.15, -0.1) is 0 Å². The number of halogens is 2. The van der Waals surface area contributed by atoms with Gasteiger partial charge in [0.15, 0.2) is 0 Å². The molecule has 2 rings (SSSR count). The number of rotatable bonds is 3. The third kappa shape index (κ3) is 2.63. The van der Waals surface area contributed by atoms with Crippen molar-refractivity contribution in [3.05, 3.63) is 52.6 Å². The number of hydrogen-bond acceptors (Lipinski definition) is 2. The molecule has 1 heterocycles. The van der Waals surface area contributed by atoms with Crippen LogP contribution in [0, 0.1) is 17.1 Å². The van der Waals surface area contributed by atoms with Crippen molar-refractivity contribution >= 4 is 17.3 Å². The van der Waals surface area contributed by atoms with Gasteiger partial charge in [-0.05, 0) is 29.8 Å². The van der Waals surface area contributed by atoms with Gasteiger partial charge < -0.3 is 9.88 Å². The molecule has 1 N–H and O–H groups in total.